The summed E-state index contributed by atoms with van der Waals surface area (Å²) >= 11 is 0. The van der Waals surface area contributed by atoms with Crippen LogP contribution in [-0.2, 0) is 0 Å². The van der Waals surface area contributed by atoms with Crippen molar-refractivity contribution in [3.05, 3.63) is 211 Å². The number of hydrogen-bond acceptors (Lipinski definition) is 4. The van der Waals surface area contributed by atoms with E-state index in [0.29, 0.717) is 0 Å². The lowest BCUT2D eigenvalue weighted by molar-refractivity contribution is 0.488. The lowest BCUT2D eigenvalue weighted by Crippen LogP contribution is -2.75. The fourth-order valence-electron chi connectivity index (χ4n) is 14.8. The minimum atomic E-state index is -0.0483. The molecule has 7 aliphatic heterocycles. The molecule has 4 nitrogen and oxygen atoms in total. The Morgan fingerprint density at radius 2 is 0.718 bits per heavy atom. The molecule has 71 heavy (non-hydrogen) atoms. The molecule has 0 saturated heterocycles. The predicted molar refractivity (Wildman–Crippen MR) is 302 cm³/mol. The SMILES string of the molecule is Cc1cc(C)c(B2c3ccccc3Oc3cc4c(cc32)B2c3ccccc3N3c5ccccc5B5c6ccc(-c7ccccc7)cc6N6c7ccccc7B7c8ccccc8N4c4c2c3c5c6c47)c(C)c1. The van der Waals surface area contributed by atoms with E-state index < -0.39 is 0 Å². The van der Waals surface area contributed by atoms with Crippen molar-refractivity contribution in [1.82, 2.24) is 0 Å². The third-order valence-electron chi connectivity index (χ3n) is 17.2. The van der Waals surface area contributed by atoms with Gasteiger partial charge in [-0.25, -0.2) is 0 Å². The molecule has 0 bridgehead atoms. The predicted octanol–water partition coefficient (Wildman–Crippen LogP) is 6.74. The zero-order valence-corrected chi connectivity index (χ0v) is 39.5. The van der Waals surface area contributed by atoms with Crippen LogP contribution in [0.4, 0.5) is 51.2 Å². The van der Waals surface area contributed by atoms with E-state index in [9.17, 15) is 0 Å². The van der Waals surface area contributed by atoms with Crippen LogP contribution in [0.1, 0.15) is 16.7 Å². The number of fused-ring (bicyclic) bond motifs is 20. The zero-order valence-electron chi connectivity index (χ0n) is 39.5. The Hall–Kier alpha value is -8.34. The molecule has 7 heterocycles. The molecule has 7 aliphatic rings. The molecular weight excluding hydrogens is 858 g/mol. The van der Waals surface area contributed by atoms with Gasteiger partial charge in [0.2, 0.25) is 0 Å². The number of aryl methyl sites for hydroxylation is 3. The molecule has 10 aromatic rings. The molecule has 0 aliphatic carbocycles. The smallest absolute Gasteiger partial charge is 0.252 e. The summed E-state index contributed by atoms with van der Waals surface area (Å²) in [7, 11) is 0. The molecule has 10 aromatic carbocycles. The standard InChI is InChI=1S/C63H41B4N3O/c1-36-31-37(2)57(38(3)32-36)67-46-23-11-16-28-55(46)71-56-35-54-47(34-48(56)67)66-44-22-10-13-25-50(44)68-49-24-12-7-19-41(49)65-45-30-29-40(39-17-5-4-6-18-39)33-53(45)69-51-26-14-8-20-42(51)64-43-21-9-15-27-52(43)70(54)63-59(64)62(69)58(65)61(68)60(63)66/h4-35H,1-3H3. The molecular formula is C63H41B4N3O. The molecule has 0 unspecified atom stereocenters. The zero-order chi connectivity index (χ0) is 46.5. The summed E-state index contributed by atoms with van der Waals surface area (Å²) in [5.41, 5.74) is 33.8. The highest BCUT2D eigenvalue weighted by molar-refractivity contribution is 7.09. The molecule has 326 valence electrons. The van der Waals surface area contributed by atoms with Crippen molar-refractivity contribution < 1.29 is 4.74 Å². The Labute approximate surface area is 415 Å². The minimum Gasteiger partial charge on any atom is -0.458 e. The molecule has 8 heteroatoms. The molecule has 0 amide bonds. The van der Waals surface area contributed by atoms with Gasteiger partial charge in [-0.2, -0.15) is 0 Å². The third-order valence-corrected chi connectivity index (χ3v) is 17.2. The van der Waals surface area contributed by atoms with Gasteiger partial charge in [0, 0.05) is 57.3 Å². The van der Waals surface area contributed by atoms with Crippen LogP contribution in [0.25, 0.3) is 11.1 Å². The first-order valence-electron chi connectivity index (χ1n) is 25.2. The Morgan fingerprint density at radius 3 is 1.27 bits per heavy atom. The van der Waals surface area contributed by atoms with Crippen molar-refractivity contribution >= 4 is 144 Å². The van der Waals surface area contributed by atoms with Crippen LogP contribution in [0.3, 0.4) is 0 Å². The van der Waals surface area contributed by atoms with E-state index in [1.807, 2.05) is 0 Å². The number of nitrogens with zero attached hydrogens (tertiary/aromatic N) is 3. The Morgan fingerprint density at radius 1 is 0.296 bits per heavy atom. The fourth-order valence-corrected chi connectivity index (χ4v) is 14.8. The summed E-state index contributed by atoms with van der Waals surface area (Å²) < 4.78 is 7.20. The quantitative estimate of drug-likeness (QED) is 0.179. The van der Waals surface area contributed by atoms with Crippen molar-refractivity contribution in [1.29, 1.82) is 0 Å². The summed E-state index contributed by atoms with van der Waals surface area (Å²) in [4.78, 5) is 8.02. The van der Waals surface area contributed by atoms with E-state index in [2.05, 4.69) is 230 Å². The number of rotatable bonds is 2. The van der Waals surface area contributed by atoms with Gasteiger partial charge in [0.15, 0.2) is 0 Å². The topological polar surface area (TPSA) is 19.0 Å². The largest absolute Gasteiger partial charge is 0.458 e. The van der Waals surface area contributed by atoms with E-state index in [1.54, 1.807) is 0 Å². The summed E-state index contributed by atoms with van der Waals surface area (Å²) in [6, 6.07) is 73.8. The van der Waals surface area contributed by atoms with Gasteiger partial charge in [0.1, 0.15) is 11.5 Å². The maximum absolute atomic E-state index is 7.20. The summed E-state index contributed by atoms with van der Waals surface area (Å²) in [5, 5.41) is 0. The molecule has 0 fully saturated rings. The first kappa shape index (κ1) is 38.5. The van der Waals surface area contributed by atoms with E-state index in [1.165, 1.54) is 145 Å². The second-order valence-corrected chi connectivity index (χ2v) is 20.8. The van der Waals surface area contributed by atoms with Gasteiger partial charge < -0.3 is 19.4 Å². The maximum atomic E-state index is 7.20. The van der Waals surface area contributed by atoms with Gasteiger partial charge in [-0.15, -0.1) is 0 Å². The normalized spacial score (nSPS) is 14.6. The molecule has 17 rings (SSSR count). The number of ether oxygens (including phenoxy) is 1. The summed E-state index contributed by atoms with van der Waals surface area (Å²) in [6.07, 6.45) is 0. The van der Waals surface area contributed by atoms with Gasteiger partial charge in [0.25, 0.3) is 26.9 Å². The highest BCUT2D eigenvalue weighted by Crippen LogP contribution is 2.52. The first-order chi connectivity index (χ1) is 35.0. The van der Waals surface area contributed by atoms with Crippen LogP contribution in [0.2, 0.25) is 0 Å². The van der Waals surface area contributed by atoms with E-state index in [4.69, 9.17) is 4.74 Å². The van der Waals surface area contributed by atoms with Crippen LogP contribution < -0.4 is 85.0 Å². The Kier molecular flexibility index (Phi) is 7.32. The molecule has 0 saturated carbocycles. The second-order valence-electron chi connectivity index (χ2n) is 20.8. The van der Waals surface area contributed by atoms with E-state index in [-0.39, 0.29) is 26.9 Å². The van der Waals surface area contributed by atoms with Crippen molar-refractivity contribution in [2.24, 2.45) is 0 Å². The van der Waals surface area contributed by atoms with Crippen LogP contribution in [-0.4, -0.2) is 26.9 Å². The van der Waals surface area contributed by atoms with Crippen molar-refractivity contribution in [3.63, 3.8) is 0 Å². The average molecular weight is 899 g/mol. The summed E-state index contributed by atoms with van der Waals surface area (Å²) in [6.45, 7) is 6.79. The second kappa shape index (κ2) is 13.5. The van der Waals surface area contributed by atoms with Gasteiger partial charge in [-0.05, 0) is 128 Å². The third kappa shape index (κ3) is 4.72. The average Bonchev–Trinajstić information content (AvgIpc) is 3.41. The number of para-hydroxylation sites is 5. The summed E-state index contributed by atoms with van der Waals surface area (Å²) in [5.74, 6) is 1.86. The van der Waals surface area contributed by atoms with Crippen molar-refractivity contribution in [3.8, 4) is 22.6 Å². The van der Waals surface area contributed by atoms with Gasteiger partial charge in [-0.3, -0.25) is 0 Å². The fraction of sp³-hybridized carbons (Fsp3) is 0.0476. The van der Waals surface area contributed by atoms with E-state index in [0.717, 1.165) is 11.5 Å². The number of anilines is 9. The minimum absolute atomic E-state index is 0.00255. The van der Waals surface area contributed by atoms with Crippen LogP contribution >= 0.6 is 0 Å². The van der Waals surface area contributed by atoms with E-state index >= 15 is 0 Å². The molecule has 0 atom stereocenters. The molecule has 0 aromatic heterocycles. The first-order valence-corrected chi connectivity index (χ1v) is 25.2. The molecule has 0 N–H and O–H groups in total. The Balaban J connectivity index is 1.04. The van der Waals surface area contributed by atoms with Crippen molar-refractivity contribution in [2.75, 3.05) is 14.7 Å². The van der Waals surface area contributed by atoms with Crippen LogP contribution in [0.5, 0.6) is 11.5 Å². The van der Waals surface area contributed by atoms with Gasteiger partial charge in [0.05, 0.1) is 0 Å². The highest BCUT2D eigenvalue weighted by Gasteiger charge is 2.57. The highest BCUT2D eigenvalue weighted by atomic mass is 16.5. The number of benzene rings is 10. The van der Waals surface area contributed by atoms with Gasteiger partial charge in [-0.1, -0.05) is 174 Å². The number of hydrogen-bond donors (Lipinski definition) is 0. The van der Waals surface area contributed by atoms with Crippen molar-refractivity contribution in [2.45, 2.75) is 20.8 Å². The van der Waals surface area contributed by atoms with Crippen LogP contribution in [0, 0.1) is 20.8 Å². The lowest BCUT2D eigenvalue weighted by Gasteiger charge is -2.55. The molecule has 0 radical (unpaired) electrons. The van der Waals surface area contributed by atoms with Gasteiger partial charge >= 0.3 is 0 Å². The van der Waals surface area contributed by atoms with Crippen LogP contribution in [0.15, 0.2) is 194 Å². The monoisotopic (exact) mass is 899 g/mol. The maximum Gasteiger partial charge on any atom is 0.252 e. The lowest BCUT2D eigenvalue weighted by atomic mass is 9.24. The molecule has 0 spiro atoms. The Bertz CT molecular complexity index is 4070.